The summed E-state index contributed by atoms with van der Waals surface area (Å²) in [5.41, 5.74) is 5.40. The molecule has 5 nitrogen and oxygen atoms in total. The average molecular weight is 405 g/mol. The van der Waals surface area contributed by atoms with Gasteiger partial charge >= 0.3 is 6.18 Å². The Labute approximate surface area is 163 Å². The van der Waals surface area contributed by atoms with E-state index in [0.29, 0.717) is 11.8 Å². The van der Waals surface area contributed by atoms with E-state index in [2.05, 4.69) is 10.3 Å². The van der Waals surface area contributed by atoms with Crippen LogP contribution in [0.4, 0.5) is 29.1 Å². The lowest BCUT2D eigenvalue weighted by Gasteiger charge is -2.13. The van der Waals surface area contributed by atoms with Crippen molar-refractivity contribution in [1.29, 1.82) is 0 Å². The molecule has 1 amide bonds. The fourth-order valence-electron chi connectivity index (χ4n) is 2.54. The van der Waals surface area contributed by atoms with Crippen molar-refractivity contribution in [2.45, 2.75) is 13.1 Å². The van der Waals surface area contributed by atoms with Crippen LogP contribution in [-0.4, -0.2) is 10.9 Å². The van der Waals surface area contributed by atoms with Crippen LogP contribution < -0.4 is 15.8 Å². The Morgan fingerprint density at radius 1 is 1.10 bits per heavy atom. The van der Waals surface area contributed by atoms with Gasteiger partial charge in [-0.3, -0.25) is 4.79 Å². The number of hydrogen-bond donors (Lipinski definition) is 2. The number of ether oxygens (including phenoxy) is 1. The Kier molecular flexibility index (Phi) is 5.40. The third kappa shape index (κ3) is 4.63. The first-order chi connectivity index (χ1) is 13.6. The van der Waals surface area contributed by atoms with Gasteiger partial charge in [0.25, 0.3) is 5.91 Å². The number of halogens is 4. The lowest BCUT2D eigenvalue weighted by Crippen LogP contribution is -2.15. The van der Waals surface area contributed by atoms with Gasteiger partial charge in [0.1, 0.15) is 11.6 Å². The Hall–Kier alpha value is -3.62. The number of pyridine rings is 1. The molecule has 3 rings (SSSR count). The van der Waals surface area contributed by atoms with Gasteiger partial charge in [-0.1, -0.05) is 12.1 Å². The zero-order valence-electron chi connectivity index (χ0n) is 15.0. The summed E-state index contributed by atoms with van der Waals surface area (Å²) in [5, 5.41) is 2.58. The second-order valence-corrected chi connectivity index (χ2v) is 6.08. The number of rotatable bonds is 4. The summed E-state index contributed by atoms with van der Waals surface area (Å²) in [5.74, 6) is -2.54. The molecule has 9 heteroatoms. The van der Waals surface area contributed by atoms with E-state index in [1.54, 1.807) is 13.0 Å². The van der Waals surface area contributed by atoms with Gasteiger partial charge in [0, 0.05) is 17.4 Å². The van der Waals surface area contributed by atoms with E-state index in [1.165, 1.54) is 30.3 Å². The first kappa shape index (κ1) is 20.1. The highest BCUT2D eigenvalue weighted by Crippen LogP contribution is 2.36. The number of nitrogens with two attached hydrogens (primary N) is 1. The first-order valence-corrected chi connectivity index (χ1v) is 8.33. The number of nitrogens with zero attached hydrogens (tertiary/aromatic N) is 1. The van der Waals surface area contributed by atoms with E-state index in [1.807, 2.05) is 0 Å². The Balaban J connectivity index is 1.81. The number of nitrogen functional groups attached to an aromatic ring is 1. The van der Waals surface area contributed by atoms with Crippen LogP contribution in [0, 0.1) is 12.7 Å². The molecule has 29 heavy (non-hydrogen) atoms. The Morgan fingerprint density at radius 3 is 2.52 bits per heavy atom. The van der Waals surface area contributed by atoms with Crippen molar-refractivity contribution in [3.8, 4) is 11.5 Å². The van der Waals surface area contributed by atoms with E-state index in [0.717, 1.165) is 12.1 Å². The molecule has 0 radical (unpaired) electrons. The number of alkyl halides is 3. The second-order valence-electron chi connectivity index (χ2n) is 6.08. The second kappa shape index (κ2) is 7.78. The molecule has 1 aromatic heterocycles. The minimum Gasteiger partial charge on any atom is -0.454 e. The fourth-order valence-corrected chi connectivity index (χ4v) is 2.54. The molecule has 3 aromatic rings. The highest BCUT2D eigenvalue weighted by Gasteiger charge is 2.35. The highest BCUT2D eigenvalue weighted by atomic mass is 19.4. The van der Waals surface area contributed by atoms with Gasteiger partial charge in [0.05, 0.1) is 11.1 Å². The summed E-state index contributed by atoms with van der Waals surface area (Å²) in [4.78, 5) is 16.4. The van der Waals surface area contributed by atoms with E-state index in [4.69, 9.17) is 10.5 Å². The largest absolute Gasteiger partial charge is 0.454 e. The van der Waals surface area contributed by atoms with Crippen LogP contribution in [-0.2, 0) is 6.18 Å². The number of carbonyl (C=O) groups excluding carboxylic acids is 1. The number of aryl methyl sites for hydroxylation is 1. The smallest absolute Gasteiger partial charge is 0.419 e. The predicted octanol–water partition coefficient (Wildman–Crippen LogP) is 5.17. The number of benzene rings is 2. The average Bonchev–Trinajstić information content (AvgIpc) is 2.62. The molecule has 3 N–H and O–H groups in total. The summed E-state index contributed by atoms with van der Waals surface area (Å²) >= 11 is 0. The zero-order chi connectivity index (χ0) is 21.2. The fraction of sp³-hybridized carbons (Fsp3) is 0.100. The number of anilines is 2. The Bertz CT molecular complexity index is 1070. The quantitative estimate of drug-likeness (QED) is 0.587. The van der Waals surface area contributed by atoms with E-state index in [9.17, 15) is 22.4 Å². The molecule has 0 saturated carbocycles. The maximum atomic E-state index is 14.1. The molecule has 0 spiro atoms. The van der Waals surface area contributed by atoms with Crippen molar-refractivity contribution in [1.82, 2.24) is 4.98 Å². The number of hydrogen-bond acceptors (Lipinski definition) is 4. The molecule has 0 aliphatic carbocycles. The molecule has 1 heterocycles. The van der Waals surface area contributed by atoms with E-state index >= 15 is 0 Å². The number of amides is 1. The summed E-state index contributed by atoms with van der Waals surface area (Å²) < 4.78 is 57.9. The molecule has 0 aliphatic rings. The molecule has 0 fully saturated rings. The SMILES string of the molecule is Cc1ccc(C(=O)Nc2cccc(Oc3cccc(C(F)(F)F)c3F)c2)c(N)n1. The van der Waals surface area contributed by atoms with Crippen molar-refractivity contribution in [2.75, 3.05) is 11.1 Å². The summed E-state index contributed by atoms with van der Waals surface area (Å²) in [6.07, 6.45) is -4.85. The molecule has 2 aromatic carbocycles. The van der Waals surface area contributed by atoms with Crippen molar-refractivity contribution in [2.24, 2.45) is 0 Å². The molecule has 0 unspecified atom stereocenters. The predicted molar refractivity (Wildman–Crippen MR) is 99.3 cm³/mol. The van der Waals surface area contributed by atoms with Crippen LogP contribution in [0.15, 0.2) is 54.6 Å². The minimum absolute atomic E-state index is 0.0380. The maximum absolute atomic E-state index is 14.1. The van der Waals surface area contributed by atoms with Crippen LogP contribution in [0.3, 0.4) is 0 Å². The molecule has 0 saturated heterocycles. The van der Waals surface area contributed by atoms with Gasteiger partial charge < -0.3 is 15.8 Å². The number of aromatic nitrogens is 1. The molecule has 0 aliphatic heterocycles. The molecule has 0 atom stereocenters. The summed E-state index contributed by atoms with van der Waals surface area (Å²) in [6.45, 7) is 1.73. The third-order valence-corrected chi connectivity index (χ3v) is 3.90. The summed E-state index contributed by atoms with van der Waals surface area (Å²) in [6, 6.07) is 11.7. The van der Waals surface area contributed by atoms with Crippen molar-refractivity contribution >= 4 is 17.4 Å². The normalized spacial score (nSPS) is 11.2. The highest BCUT2D eigenvalue weighted by molar-refractivity contribution is 6.07. The third-order valence-electron chi connectivity index (χ3n) is 3.90. The van der Waals surface area contributed by atoms with Crippen LogP contribution in [0.5, 0.6) is 11.5 Å². The van der Waals surface area contributed by atoms with E-state index in [-0.39, 0.29) is 22.8 Å². The van der Waals surface area contributed by atoms with Crippen LogP contribution >= 0.6 is 0 Å². The van der Waals surface area contributed by atoms with Crippen LogP contribution in [0.2, 0.25) is 0 Å². The first-order valence-electron chi connectivity index (χ1n) is 8.33. The van der Waals surface area contributed by atoms with Gasteiger partial charge in [-0.05, 0) is 43.3 Å². The zero-order valence-corrected chi connectivity index (χ0v) is 15.0. The van der Waals surface area contributed by atoms with Crippen molar-refractivity contribution in [3.05, 3.63) is 77.2 Å². The van der Waals surface area contributed by atoms with Crippen molar-refractivity contribution in [3.63, 3.8) is 0 Å². The topological polar surface area (TPSA) is 77.2 Å². The van der Waals surface area contributed by atoms with Crippen LogP contribution in [0.1, 0.15) is 21.6 Å². The van der Waals surface area contributed by atoms with Gasteiger partial charge in [0.2, 0.25) is 0 Å². The molecular formula is C20H15F4N3O2. The van der Waals surface area contributed by atoms with Gasteiger partial charge in [-0.25, -0.2) is 9.37 Å². The maximum Gasteiger partial charge on any atom is 0.419 e. The van der Waals surface area contributed by atoms with E-state index < -0.39 is 29.2 Å². The Morgan fingerprint density at radius 2 is 1.83 bits per heavy atom. The monoisotopic (exact) mass is 405 g/mol. The summed E-state index contributed by atoms with van der Waals surface area (Å²) in [7, 11) is 0. The number of nitrogens with one attached hydrogen (secondary N) is 1. The van der Waals surface area contributed by atoms with Gasteiger partial charge in [0.15, 0.2) is 11.6 Å². The van der Waals surface area contributed by atoms with Crippen LogP contribution in [0.25, 0.3) is 0 Å². The minimum atomic E-state index is -4.85. The number of carbonyl (C=O) groups is 1. The molecule has 0 bridgehead atoms. The van der Waals surface area contributed by atoms with Gasteiger partial charge in [-0.15, -0.1) is 0 Å². The van der Waals surface area contributed by atoms with Gasteiger partial charge in [-0.2, -0.15) is 13.2 Å². The van der Waals surface area contributed by atoms with Crippen molar-refractivity contribution < 1.29 is 27.1 Å². The molecule has 150 valence electrons. The standard InChI is InChI=1S/C20H15F4N3O2/c1-11-8-9-14(18(25)26-11)19(28)27-12-4-2-5-13(10-12)29-16-7-3-6-15(17(16)21)20(22,23)24/h2-10H,1H3,(H2,25,26)(H,27,28). The molecular weight excluding hydrogens is 390 g/mol. The lowest BCUT2D eigenvalue weighted by molar-refractivity contribution is -0.140. The lowest BCUT2D eigenvalue weighted by atomic mass is 10.2.